The molecule has 0 spiro atoms. The summed E-state index contributed by atoms with van der Waals surface area (Å²) in [5.74, 6) is 0. The van der Waals surface area contributed by atoms with E-state index in [1.165, 1.54) is 17.0 Å². The van der Waals surface area contributed by atoms with Crippen LogP contribution in [0.25, 0.3) is 0 Å². The standard InChI is InChI=1S/C8H13N3/c1-6-7(2)10-11-4-3-9-5-8(6)11/h9H,3-5H2,1-2H3. The molecular formula is C8H13N3. The van der Waals surface area contributed by atoms with Crippen molar-refractivity contribution in [2.45, 2.75) is 26.9 Å². The van der Waals surface area contributed by atoms with Gasteiger partial charge in [-0.25, -0.2) is 0 Å². The summed E-state index contributed by atoms with van der Waals surface area (Å²) >= 11 is 0. The van der Waals surface area contributed by atoms with Gasteiger partial charge in [-0.05, 0) is 19.4 Å². The Hall–Kier alpha value is -0.830. The SMILES string of the molecule is Cc1nn2c(c1C)CNCC2. The third-order valence-electron chi connectivity index (χ3n) is 2.35. The fraction of sp³-hybridized carbons (Fsp3) is 0.625. The lowest BCUT2D eigenvalue weighted by Crippen LogP contribution is -2.28. The number of rotatable bonds is 0. The van der Waals surface area contributed by atoms with E-state index in [4.69, 9.17) is 0 Å². The van der Waals surface area contributed by atoms with Crippen LogP contribution in [0, 0.1) is 13.8 Å². The maximum absolute atomic E-state index is 4.43. The maximum Gasteiger partial charge on any atom is 0.0626 e. The molecule has 3 heteroatoms. The van der Waals surface area contributed by atoms with Crippen LogP contribution in [-0.2, 0) is 13.1 Å². The van der Waals surface area contributed by atoms with Gasteiger partial charge in [0.15, 0.2) is 0 Å². The zero-order valence-electron chi connectivity index (χ0n) is 7.02. The molecule has 1 aliphatic heterocycles. The minimum atomic E-state index is 0.979. The summed E-state index contributed by atoms with van der Waals surface area (Å²) in [6, 6.07) is 0. The Morgan fingerprint density at radius 2 is 2.27 bits per heavy atom. The molecule has 1 aromatic heterocycles. The lowest BCUT2D eigenvalue weighted by molar-refractivity contribution is 0.473. The van der Waals surface area contributed by atoms with Gasteiger partial charge in [0.1, 0.15) is 0 Å². The fourth-order valence-electron chi connectivity index (χ4n) is 1.52. The smallest absolute Gasteiger partial charge is 0.0626 e. The van der Waals surface area contributed by atoms with Crippen LogP contribution >= 0.6 is 0 Å². The molecule has 0 aromatic carbocycles. The number of fused-ring (bicyclic) bond motifs is 1. The molecule has 2 rings (SSSR count). The van der Waals surface area contributed by atoms with Gasteiger partial charge in [-0.15, -0.1) is 0 Å². The molecule has 2 heterocycles. The van der Waals surface area contributed by atoms with E-state index in [1.54, 1.807) is 0 Å². The predicted octanol–water partition coefficient (Wildman–Crippen LogP) is 0.603. The minimum Gasteiger partial charge on any atom is -0.309 e. The van der Waals surface area contributed by atoms with Gasteiger partial charge in [0.2, 0.25) is 0 Å². The molecule has 0 atom stereocenters. The Kier molecular flexibility index (Phi) is 1.46. The summed E-state index contributed by atoms with van der Waals surface area (Å²) in [6.45, 7) is 7.26. The Labute approximate surface area is 66.4 Å². The largest absolute Gasteiger partial charge is 0.309 e. The molecule has 60 valence electrons. The Morgan fingerprint density at radius 3 is 3.00 bits per heavy atom. The van der Waals surface area contributed by atoms with Crippen molar-refractivity contribution in [2.24, 2.45) is 0 Å². The summed E-state index contributed by atoms with van der Waals surface area (Å²) in [7, 11) is 0. The normalized spacial score (nSPS) is 16.5. The lowest BCUT2D eigenvalue weighted by atomic mass is 10.2. The van der Waals surface area contributed by atoms with Crippen LogP contribution in [0.5, 0.6) is 0 Å². The highest BCUT2D eigenvalue weighted by Gasteiger charge is 2.13. The first-order valence-electron chi connectivity index (χ1n) is 4.02. The molecule has 0 saturated carbocycles. The summed E-state index contributed by atoms with van der Waals surface area (Å²) in [4.78, 5) is 0. The number of hydrogen-bond acceptors (Lipinski definition) is 2. The summed E-state index contributed by atoms with van der Waals surface area (Å²) in [6.07, 6.45) is 0. The first-order valence-corrected chi connectivity index (χ1v) is 4.02. The number of aryl methyl sites for hydroxylation is 1. The van der Waals surface area contributed by atoms with E-state index in [0.717, 1.165) is 19.6 Å². The van der Waals surface area contributed by atoms with E-state index in [2.05, 4.69) is 28.9 Å². The van der Waals surface area contributed by atoms with Crippen molar-refractivity contribution < 1.29 is 0 Å². The van der Waals surface area contributed by atoms with Crippen LogP contribution in [0.4, 0.5) is 0 Å². The molecule has 0 aliphatic carbocycles. The third-order valence-corrected chi connectivity index (χ3v) is 2.35. The average Bonchev–Trinajstić information content (AvgIpc) is 2.30. The molecule has 1 aliphatic rings. The Balaban J connectivity index is 2.50. The molecule has 0 radical (unpaired) electrons. The molecule has 0 unspecified atom stereocenters. The Bertz CT molecular complexity index is 275. The highest BCUT2D eigenvalue weighted by Crippen LogP contribution is 2.13. The van der Waals surface area contributed by atoms with Crippen molar-refractivity contribution in [1.29, 1.82) is 0 Å². The van der Waals surface area contributed by atoms with Crippen molar-refractivity contribution in [3.8, 4) is 0 Å². The summed E-state index contributed by atoms with van der Waals surface area (Å²) in [5, 5.41) is 7.76. The molecule has 0 saturated heterocycles. The third kappa shape index (κ3) is 0.959. The van der Waals surface area contributed by atoms with E-state index in [0.29, 0.717) is 0 Å². The second-order valence-electron chi connectivity index (χ2n) is 3.06. The van der Waals surface area contributed by atoms with Crippen molar-refractivity contribution in [1.82, 2.24) is 15.1 Å². The van der Waals surface area contributed by atoms with Gasteiger partial charge >= 0.3 is 0 Å². The maximum atomic E-state index is 4.43. The van der Waals surface area contributed by atoms with Crippen LogP contribution in [0.1, 0.15) is 17.0 Å². The van der Waals surface area contributed by atoms with Crippen molar-refractivity contribution in [3.63, 3.8) is 0 Å². The van der Waals surface area contributed by atoms with Gasteiger partial charge in [0, 0.05) is 13.1 Å². The highest BCUT2D eigenvalue weighted by molar-refractivity contribution is 5.24. The van der Waals surface area contributed by atoms with Crippen LogP contribution in [0.2, 0.25) is 0 Å². The number of nitrogens with one attached hydrogen (secondary N) is 1. The van der Waals surface area contributed by atoms with Gasteiger partial charge in [0.25, 0.3) is 0 Å². The van der Waals surface area contributed by atoms with Crippen LogP contribution < -0.4 is 5.32 Å². The predicted molar refractivity (Wildman–Crippen MR) is 43.4 cm³/mol. The molecule has 11 heavy (non-hydrogen) atoms. The monoisotopic (exact) mass is 151 g/mol. The van der Waals surface area contributed by atoms with Crippen LogP contribution in [0.15, 0.2) is 0 Å². The molecule has 0 bridgehead atoms. The van der Waals surface area contributed by atoms with Gasteiger partial charge in [-0.1, -0.05) is 0 Å². The first-order chi connectivity index (χ1) is 5.29. The molecule has 1 N–H and O–H groups in total. The van der Waals surface area contributed by atoms with Gasteiger partial charge in [-0.3, -0.25) is 4.68 Å². The van der Waals surface area contributed by atoms with Crippen molar-refractivity contribution in [2.75, 3.05) is 6.54 Å². The second-order valence-corrected chi connectivity index (χ2v) is 3.06. The van der Waals surface area contributed by atoms with Crippen molar-refractivity contribution in [3.05, 3.63) is 17.0 Å². The number of hydrogen-bond donors (Lipinski definition) is 1. The lowest BCUT2D eigenvalue weighted by Gasteiger charge is -2.14. The highest BCUT2D eigenvalue weighted by atomic mass is 15.3. The Morgan fingerprint density at radius 1 is 1.45 bits per heavy atom. The van der Waals surface area contributed by atoms with Crippen LogP contribution in [0.3, 0.4) is 0 Å². The van der Waals surface area contributed by atoms with E-state index >= 15 is 0 Å². The molecule has 0 amide bonds. The van der Waals surface area contributed by atoms with E-state index < -0.39 is 0 Å². The second kappa shape index (κ2) is 2.34. The van der Waals surface area contributed by atoms with Crippen molar-refractivity contribution >= 4 is 0 Å². The zero-order chi connectivity index (χ0) is 7.84. The molecule has 3 nitrogen and oxygen atoms in total. The first kappa shape index (κ1) is 6.85. The number of nitrogens with zero attached hydrogens (tertiary/aromatic N) is 2. The van der Waals surface area contributed by atoms with Crippen LogP contribution in [-0.4, -0.2) is 16.3 Å². The molecule has 1 aromatic rings. The van der Waals surface area contributed by atoms with E-state index in [1.807, 2.05) is 0 Å². The number of aromatic nitrogens is 2. The van der Waals surface area contributed by atoms with Gasteiger partial charge in [0.05, 0.1) is 17.9 Å². The average molecular weight is 151 g/mol. The summed E-state index contributed by atoms with van der Waals surface area (Å²) < 4.78 is 2.11. The quantitative estimate of drug-likeness (QED) is 0.588. The molecule has 0 fully saturated rings. The fourth-order valence-corrected chi connectivity index (χ4v) is 1.52. The molecular weight excluding hydrogens is 138 g/mol. The van der Waals surface area contributed by atoms with Gasteiger partial charge in [-0.2, -0.15) is 5.10 Å². The van der Waals surface area contributed by atoms with Gasteiger partial charge < -0.3 is 5.32 Å². The minimum absolute atomic E-state index is 0.979. The topological polar surface area (TPSA) is 29.9 Å². The summed E-state index contributed by atoms with van der Waals surface area (Å²) in [5.41, 5.74) is 3.87. The van der Waals surface area contributed by atoms with E-state index in [-0.39, 0.29) is 0 Å². The zero-order valence-corrected chi connectivity index (χ0v) is 7.02. The van der Waals surface area contributed by atoms with E-state index in [9.17, 15) is 0 Å².